The zero-order valence-electron chi connectivity index (χ0n) is 19.5. The van der Waals surface area contributed by atoms with Gasteiger partial charge in [0.2, 0.25) is 5.91 Å². The highest BCUT2D eigenvalue weighted by Crippen LogP contribution is 2.36. The van der Waals surface area contributed by atoms with Crippen molar-refractivity contribution in [3.05, 3.63) is 46.2 Å². The molecule has 1 spiro atoms. The first kappa shape index (κ1) is 23.6. The molecule has 33 heavy (non-hydrogen) atoms. The second-order valence-electron chi connectivity index (χ2n) is 9.49. The Morgan fingerprint density at radius 1 is 1.18 bits per heavy atom. The van der Waals surface area contributed by atoms with Crippen LogP contribution in [0.25, 0.3) is 0 Å². The first-order valence-electron chi connectivity index (χ1n) is 11.8. The van der Waals surface area contributed by atoms with Crippen molar-refractivity contribution in [1.29, 1.82) is 0 Å². The van der Waals surface area contributed by atoms with Gasteiger partial charge in [-0.1, -0.05) is 24.4 Å². The molecule has 8 heteroatoms. The van der Waals surface area contributed by atoms with Crippen LogP contribution in [0.1, 0.15) is 60.3 Å². The largest absolute Gasteiger partial charge is 0.493 e. The molecule has 1 fully saturated rings. The smallest absolute Gasteiger partial charge is 0.255 e. The number of amides is 2. The summed E-state index contributed by atoms with van der Waals surface area (Å²) < 4.78 is 7.64. The quantitative estimate of drug-likeness (QED) is 0.712. The Morgan fingerprint density at radius 2 is 2.00 bits per heavy atom. The van der Waals surface area contributed by atoms with Gasteiger partial charge in [0.15, 0.2) is 0 Å². The van der Waals surface area contributed by atoms with Gasteiger partial charge in [-0.15, -0.1) is 0 Å². The minimum atomic E-state index is -0.182. The highest BCUT2D eigenvalue weighted by Gasteiger charge is 2.37. The molecule has 0 radical (unpaired) electrons. The van der Waals surface area contributed by atoms with Gasteiger partial charge in [0, 0.05) is 35.8 Å². The monoisotopic (exact) mass is 472 g/mol. The predicted octanol–water partition coefficient (Wildman–Crippen LogP) is 4.14. The van der Waals surface area contributed by atoms with E-state index in [1.54, 1.807) is 22.9 Å². The molecule has 1 aromatic heterocycles. The number of nitrogens with zero attached hydrogens (tertiary/aromatic N) is 3. The number of aromatic nitrogens is 2. The van der Waals surface area contributed by atoms with Gasteiger partial charge < -0.3 is 15.0 Å². The number of likely N-dealkylation sites (tertiary alicyclic amines) is 1. The maximum Gasteiger partial charge on any atom is 0.255 e. The molecule has 178 valence electrons. The molecule has 1 unspecified atom stereocenters. The Bertz CT molecular complexity index is 1020. The number of rotatable bonds is 2. The van der Waals surface area contributed by atoms with Gasteiger partial charge in [0.05, 0.1) is 17.9 Å². The van der Waals surface area contributed by atoms with E-state index in [9.17, 15) is 9.59 Å². The van der Waals surface area contributed by atoms with Crippen molar-refractivity contribution < 1.29 is 14.3 Å². The molecule has 2 aromatic rings. The molecule has 3 heterocycles. The molecule has 7 nitrogen and oxygen atoms in total. The summed E-state index contributed by atoms with van der Waals surface area (Å²) in [5, 5.41) is 8.09. The highest BCUT2D eigenvalue weighted by atomic mass is 35.5. The standard InChI is InChI=1S/C25H33ClN4O3/c1-18-13-19(2)30(28-18)15-23(31)29-11-6-10-25(17-29)9-4-3-5-12-33-22-8-7-20(26)14-21(22)24(32)27-16-25/h7-8,13-14H,3-6,9-12,15-17H2,1-2H3,(H,27,32). The van der Waals surface area contributed by atoms with Crippen molar-refractivity contribution in [2.45, 2.75) is 58.9 Å². The topological polar surface area (TPSA) is 76.5 Å². The molecule has 4 rings (SSSR count). The van der Waals surface area contributed by atoms with Crippen LogP contribution in [0.5, 0.6) is 5.75 Å². The first-order chi connectivity index (χ1) is 15.8. The molecule has 2 aliphatic heterocycles. The Labute approximate surface area is 200 Å². The van der Waals surface area contributed by atoms with E-state index >= 15 is 0 Å². The van der Waals surface area contributed by atoms with Crippen LogP contribution in [0.2, 0.25) is 5.02 Å². The predicted molar refractivity (Wildman–Crippen MR) is 128 cm³/mol. The van der Waals surface area contributed by atoms with Gasteiger partial charge in [-0.2, -0.15) is 5.10 Å². The number of carbonyl (C=O) groups is 2. The second kappa shape index (κ2) is 10.2. The van der Waals surface area contributed by atoms with Crippen LogP contribution < -0.4 is 10.1 Å². The molecule has 1 N–H and O–H groups in total. The van der Waals surface area contributed by atoms with Crippen LogP contribution in [0.4, 0.5) is 0 Å². The number of ether oxygens (including phenoxy) is 1. The van der Waals surface area contributed by atoms with Crippen molar-refractivity contribution in [3.63, 3.8) is 0 Å². The minimum absolute atomic E-state index is 0.0863. The number of piperidine rings is 1. The molecule has 0 saturated carbocycles. The normalized spacial score (nSPS) is 22.0. The van der Waals surface area contributed by atoms with E-state index < -0.39 is 0 Å². The first-order valence-corrected chi connectivity index (χ1v) is 12.2. The third-order valence-corrected chi connectivity index (χ3v) is 7.06. The number of aryl methyl sites for hydroxylation is 2. The van der Waals surface area contributed by atoms with Crippen LogP contribution in [0.3, 0.4) is 0 Å². The summed E-state index contributed by atoms with van der Waals surface area (Å²) in [4.78, 5) is 28.2. The summed E-state index contributed by atoms with van der Waals surface area (Å²) >= 11 is 6.16. The lowest BCUT2D eigenvalue weighted by Gasteiger charge is -2.43. The third kappa shape index (κ3) is 5.69. The van der Waals surface area contributed by atoms with Crippen LogP contribution >= 0.6 is 11.6 Å². The number of hydrogen-bond acceptors (Lipinski definition) is 4. The zero-order chi connectivity index (χ0) is 23.4. The molecule has 0 bridgehead atoms. The number of fused-ring (bicyclic) bond motifs is 1. The van der Waals surface area contributed by atoms with Crippen LogP contribution in [0, 0.1) is 19.3 Å². The van der Waals surface area contributed by atoms with E-state index in [2.05, 4.69) is 10.4 Å². The summed E-state index contributed by atoms with van der Waals surface area (Å²) in [6.45, 7) is 6.67. The van der Waals surface area contributed by atoms with Gasteiger partial charge in [-0.25, -0.2) is 0 Å². The van der Waals surface area contributed by atoms with E-state index in [-0.39, 0.29) is 23.8 Å². The van der Waals surface area contributed by atoms with E-state index in [1.165, 1.54) is 0 Å². The second-order valence-corrected chi connectivity index (χ2v) is 9.92. The number of nitrogens with one attached hydrogen (secondary N) is 1. The van der Waals surface area contributed by atoms with E-state index in [0.29, 0.717) is 36.0 Å². The molecule has 1 atom stereocenters. The molecular weight excluding hydrogens is 440 g/mol. The van der Waals surface area contributed by atoms with Gasteiger partial charge in [0.1, 0.15) is 12.3 Å². The van der Waals surface area contributed by atoms with Gasteiger partial charge in [-0.05, 0) is 63.8 Å². The number of carbonyl (C=O) groups excluding carboxylic acids is 2. The molecule has 1 aromatic carbocycles. The van der Waals surface area contributed by atoms with E-state index in [4.69, 9.17) is 16.3 Å². The Balaban J connectivity index is 1.50. The SMILES string of the molecule is Cc1cc(C)n(CC(=O)N2CCCC3(CCCCCOc4ccc(Cl)cc4C(=O)NC3)C2)n1. The third-order valence-electron chi connectivity index (χ3n) is 6.82. The zero-order valence-corrected chi connectivity index (χ0v) is 20.3. The summed E-state index contributed by atoms with van der Waals surface area (Å²) in [7, 11) is 0. The number of halogens is 1. The Morgan fingerprint density at radius 3 is 2.79 bits per heavy atom. The lowest BCUT2D eigenvalue weighted by atomic mass is 9.75. The molecule has 0 aliphatic carbocycles. The van der Waals surface area contributed by atoms with Gasteiger partial charge >= 0.3 is 0 Å². The fourth-order valence-electron chi connectivity index (χ4n) is 5.05. The minimum Gasteiger partial charge on any atom is -0.493 e. The van der Waals surface area contributed by atoms with Crippen molar-refractivity contribution in [1.82, 2.24) is 20.0 Å². The average Bonchev–Trinajstić information content (AvgIpc) is 3.11. The molecular formula is C25H33ClN4O3. The lowest BCUT2D eigenvalue weighted by molar-refractivity contribution is -0.135. The fourth-order valence-corrected chi connectivity index (χ4v) is 5.22. The summed E-state index contributed by atoms with van der Waals surface area (Å²) in [6, 6.07) is 7.16. The fraction of sp³-hybridized carbons (Fsp3) is 0.560. The van der Waals surface area contributed by atoms with Crippen molar-refractivity contribution >= 4 is 23.4 Å². The maximum absolute atomic E-state index is 13.1. The summed E-state index contributed by atoms with van der Waals surface area (Å²) in [6.07, 6.45) is 5.93. The van der Waals surface area contributed by atoms with Gasteiger partial charge in [-0.3, -0.25) is 14.3 Å². The molecule has 2 amide bonds. The Kier molecular flexibility index (Phi) is 7.27. The summed E-state index contributed by atoms with van der Waals surface area (Å²) in [5.41, 5.74) is 2.25. The molecule has 1 saturated heterocycles. The van der Waals surface area contributed by atoms with Crippen LogP contribution in [0.15, 0.2) is 24.3 Å². The average molecular weight is 473 g/mol. The Hall–Kier alpha value is -2.54. The van der Waals surface area contributed by atoms with Crippen LogP contribution in [-0.4, -0.2) is 52.7 Å². The number of benzene rings is 1. The number of hydrogen-bond donors (Lipinski definition) is 1. The lowest BCUT2D eigenvalue weighted by Crippen LogP contribution is -2.51. The van der Waals surface area contributed by atoms with Gasteiger partial charge in [0.25, 0.3) is 5.91 Å². The van der Waals surface area contributed by atoms with E-state index in [1.807, 2.05) is 24.8 Å². The highest BCUT2D eigenvalue weighted by molar-refractivity contribution is 6.31. The van der Waals surface area contributed by atoms with Crippen molar-refractivity contribution in [2.75, 3.05) is 26.2 Å². The van der Waals surface area contributed by atoms with Crippen molar-refractivity contribution in [2.24, 2.45) is 5.41 Å². The maximum atomic E-state index is 13.1. The molecule has 2 aliphatic rings. The van der Waals surface area contributed by atoms with Crippen molar-refractivity contribution in [3.8, 4) is 5.75 Å². The summed E-state index contributed by atoms with van der Waals surface area (Å²) in [5.74, 6) is 0.471. The van der Waals surface area contributed by atoms with E-state index in [0.717, 1.165) is 56.5 Å². The van der Waals surface area contributed by atoms with Crippen LogP contribution in [-0.2, 0) is 11.3 Å².